The maximum absolute atomic E-state index is 10.3. The molecular formula is C6H5ClN2O2S. The zero-order valence-corrected chi connectivity index (χ0v) is 7.69. The fraction of sp³-hybridized carbons (Fsp3) is 0.167. The Morgan fingerprint density at radius 2 is 2.25 bits per heavy atom. The first-order valence-corrected chi connectivity index (χ1v) is 4.55. The number of nitrogens with zero attached hydrogens (tertiary/aromatic N) is 2. The van der Waals surface area contributed by atoms with E-state index >= 15 is 0 Å². The summed E-state index contributed by atoms with van der Waals surface area (Å²) in [6.07, 6.45) is 2.16. The standard InChI is InChI=1S/C6H5ClN2O2S/c1-12-6-8-4(7)3(2-10)5(11)9-6/h2H,1H3,(H,8,9,11). The summed E-state index contributed by atoms with van der Waals surface area (Å²) < 4.78 is 0. The van der Waals surface area contributed by atoms with Gasteiger partial charge in [0, 0.05) is 0 Å². The van der Waals surface area contributed by atoms with Crippen LogP contribution in [0.15, 0.2) is 5.16 Å². The van der Waals surface area contributed by atoms with Crippen LogP contribution >= 0.6 is 23.4 Å². The zero-order valence-electron chi connectivity index (χ0n) is 6.11. The molecule has 1 rings (SSSR count). The molecule has 0 saturated carbocycles. The van der Waals surface area contributed by atoms with Crippen LogP contribution in [0.1, 0.15) is 10.4 Å². The van der Waals surface area contributed by atoms with Crippen LogP contribution in [0.25, 0.3) is 0 Å². The molecule has 0 aliphatic carbocycles. The first-order chi connectivity index (χ1) is 5.69. The van der Waals surface area contributed by atoms with E-state index in [0.29, 0.717) is 11.4 Å². The number of hydrogen-bond acceptors (Lipinski definition) is 5. The number of hydrogen-bond donors (Lipinski definition) is 1. The molecule has 0 radical (unpaired) electrons. The summed E-state index contributed by atoms with van der Waals surface area (Å²) in [6.45, 7) is 0. The predicted octanol–water partition coefficient (Wildman–Crippen LogP) is 1.37. The Labute approximate surface area is 78.0 Å². The molecule has 0 aliphatic rings. The maximum atomic E-state index is 10.3. The normalized spacial score (nSPS) is 9.83. The molecule has 12 heavy (non-hydrogen) atoms. The third-order valence-corrected chi connectivity index (χ3v) is 1.99. The van der Waals surface area contributed by atoms with Gasteiger partial charge in [-0.3, -0.25) is 4.79 Å². The van der Waals surface area contributed by atoms with Gasteiger partial charge in [-0.1, -0.05) is 23.4 Å². The highest BCUT2D eigenvalue weighted by molar-refractivity contribution is 7.98. The van der Waals surface area contributed by atoms with Crippen LogP contribution in [0.5, 0.6) is 5.88 Å². The molecule has 4 nitrogen and oxygen atoms in total. The summed E-state index contributed by atoms with van der Waals surface area (Å²) in [6, 6.07) is 0. The highest BCUT2D eigenvalue weighted by Crippen LogP contribution is 2.22. The van der Waals surface area contributed by atoms with E-state index in [1.165, 1.54) is 11.8 Å². The van der Waals surface area contributed by atoms with Crippen molar-refractivity contribution in [3.63, 3.8) is 0 Å². The number of rotatable bonds is 2. The topological polar surface area (TPSA) is 63.1 Å². The van der Waals surface area contributed by atoms with Crippen molar-refractivity contribution in [2.24, 2.45) is 0 Å². The Hall–Kier alpha value is -0.810. The number of thioether (sulfide) groups is 1. The summed E-state index contributed by atoms with van der Waals surface area (Å²) in [5, 5.41) is 9.43. The number of carbonyl (C=O) groups is 1. The first-order valence-electron chi connectivity index (χ1n) is 2.94. The summed E-state index contributed by atoms with van der Waals surface area (Å²) in [5.74, 6) is -0.380. The van der Waals surface area contributed by atoms with Gasteiger partial charge in [-0.2, -0.15) is 4.98 Å². The number of carbonyl (C=O) groups excluding carboxylic acids is 1. The van der Waals surface area contributed by atoms with Crippen molar-refractivity contribution in [2.45, 2.75) is 5.16 Å². The predicted molar refractivity (Wildman–Crippen MR) is 45.9 cm³/mol. The van der Waals surface area contributed by atoms with Crippen molar-refractivity contribution in [1.82, 2.24) is 9.97 Å². The molecule has 0 spiro atoms. The van der Waals surface area contributed by atoms with E-state index < -0.39 is 0 Å². The van der Waals surface area contributed by atoms with Gasteiger partial charge < -0.3 is 5.11 Å². The quantitative estimate of drug-likeness (QED) is 0.341. The highest BCUT2D eigenvalue weighted by Gasteiger charge is 2.10. The van der Waals surface area contributed by atoms with Crippen LogP contribution in [-0.4, -0.2) is 27.6 Å². The molecule has 0 amide bonds. The van der Waals surface area contributed by atoms with E-state index in [4.69, 9.17) is 16.7 Å². The fourth-order valence-electron chi connectivity index (χ4n) is 0.605. The molecule has 0 unspecified atom stereocenters. The molecule has 1 heterocycles. The van der Waals surface area contributed by atoms with Gasteiger partial charge in [0.25, 0.3) is 0 Å². The van der Waals surface area contributed by atoms with E-state index in [2.05, 4.69) is 9.97 Å². The molecule has 64 valence electrons. The lowest BCUT2D eigenvalue weighted by molar-refractivity contribution is 0.112. The van der Waals surface area contributed by atoms with E-state index in [1.54, 1.807) is 6.26 Å². The first kappa shape index (κ1) is 9.28. The smallest absolute Gasteiger partial charge is 0.227 e. The monoisotopic (exact) mass is 204 g/mol. The van der Waals surface area contributed by atoms with Crippen LogP contribution in [0, 0.1) is 0 Å². The van der Waals surface area contributed by atoms with Gasteiger partial charge in [0.1, 0.15) is 10.7 Å². The van der Waals surface area contributed by atoms with E-state index in [-0.39, 0.29) is 16.6 Å². The summed E-state index contributed by atoms with van der Waals surface area (Å²) in [5.41, 5.74) is -0.0746. The van der Waals surface area contributed by atoms with Crippen molar-refractivity contribution in [1.29, 1.82) is 0 Å². The number of aromatic hydroxyl groups is 1. The average Bonchev–Trinajstić information content (AvgIpc) is 2.03. The van der Waals surface area contributed by atoms with Crippen molar-refractivity contribution in [3.8, 4) is 5.88 Å². The highest BCUT2D eigenvalue weighted by atomic mass is 35.5. The lowest BCUT2D eigenvalue weighted by atomic mass is 10.4. The van der Waals surface area contributed by atoms with Crippen molar-refractivity contribution in [3.05, 3.63) is 10.7 Å². The van der Waals surface area contributed by atoms with Gasteiger partial charge in [-0.25, -0.2) is 4.98 Å². The third kappa shape index (κ3) is 1.67. The zero-order chi connectivity index (χ0) is 9.14. The Morgan fingerprint density at radius 1 is 1.58 bits per heavy atom. The van der Waals surface area contributed by atoms with E-state index in [0.717, 1.165) is 0 Å². The molecule has 0 aliphatic heterocycles. The Kier molecular flexibility index (Phi) is 2.88. The molecule has 6 heteroatoms. The van der Waals surface area contributed by atoms with Gasteiger partial charge in [-0.05, 0) is 6.26 Å². The van der Waals surface area contributed by atoms with Gasteiger partial charge in [0.05, 0.1) is 0 Å². The number of aldehydes is 1. The Morgan fingerprint density at radius 3 is 2.67 bits per heavy atom. The minimum Gasteiger partial charge on any atom is -0.493 e. The Balaban J connectivity index is 3.27. The van der Waals surface area contributed by atoms with Crippen LogP contribution < -0.4 is 0 Å². The number of halogens is 1. The average molecular weight is 205 g/mol. The molecule has 1 N–H and O–H groups in total. The molecule has 0 saturated heterocycles. The van der Waals surface area contributed by atoms with Gasteiger partial charge in [0.15, 0.2) is 11.4 Å². The second-order valence-corrected chi connectivity index (χ2v) is 2.99. The van der Waals surface area contributed by atoms with Gasteiger partial charge >= 0.3 is 0 Å². The summed E-state index contributed by atoms with van der Waals surface area (Å²) in [4.78, 5) is 17.7. The largest absolute Gasteiger partial charge is 0.493 e. The van der Waals surface area contributed by atoms with Crippen molar-refractivity contribution in [2.75, 3.05) is 6.26 Å². The SMILES string of the molecule is CSc1nc(O)c(C=O)c(Cl)n1. The molecule has 1 aromatic rings. The molecular weight excluding hydrogens is 200 g/mol. The maximum Gasteiger partial charge on any atom is 0.227 e. The summed E-state index contributed by atoms with van der Waals surface area (Å²) in [7, 11) is 0. The molecule has 0 bridgehead atoms. The lowest BCUT2D eigenvalue weighted by Crippen LogP contribution is -1.93. The summed E-state index contributed by atoms with van der Waals surface area (Å²) >= 11 is 6.79. The molecule has 0 atom stereocenters. The molecule has 0 aromatic carbocycles. The molecule has 0 fully saturated rings. The fourth-order valence-corrected chi connectivity index (χ4v) is 1.22. The Bertz CT molecular complexity index is 295. The van der Waals surface area contributed by atoms with Crippen LogP contribution in [-0.2, 0) is 0 Å². The minimum atomic E-state index is -0.380. The number of aromatic nitrogens is 2. The third-order valence-electron chi connectivity index (χ3n) is 1.16. The van der Waals surface area contributed by atoms with Gasteiger partial charge in [-0.15, -0.1) is 0 Å². The van der Waals surface area contributed by atoms with Crippen molar-refractivity contribution < 1.29 is 9.90 Å². The second-order valence-electron chi connectivity index (χ2n) is 1.86. The van der Waals surface area contributed by atoms with Crippen molar-refractivity contribution >= 4 is 29.6 Å². The molecule has 1 aromatic heterocycles. The minimum absolute atomic E-state index is 0.0261. The van der Waals surface area contributed by atoms with Crippen LogP contribution in [0.2, 0.25) is 5.15 Å². The lowest BCUT2D eigenvalue weighted by Gasteiger charge is -2.00. The van der Waals surface area contributed by atoms with Gasteiger partial charge in [0.2, 0.25) is 5.88 Å². The van der Waals surface area contributed by atoms with E-state index in [1.807, 2.05) is 0 Å². The second kappa shape index (κ2) is 3.73. The van der Waals surface area contributed by atoms with Crippen LogP contribution in [0.4, 0.5) is 0 Å². The van der Waals surface area contributed by atoms with E-state index in [9.17, 15) is 4.79 Å². The van der Waals surface area contributed by atoms with Crippen LogP contribution in [0.3, 0.4) is 0 Å².